The summed E-state index contributed by atoms with van der Waals surface area (Å²) in [5, 5.41) is 2.91. The van der Waals surface area contributed by atoms with Crippen molar-refractivity contribution in [2.24, 2.45) is 0 Å². The van der Waals surface area contributed by atoms with Crippen molar-refractivity contribution in [3.8, 4) is 0 Å². The minimum atomic E-state index is 0.000993. The fourth-order valence-electron chi connectivity index (χ4n) is 2.47. The molecule has 0 saturated heterocycles. The summed E-state index contributed by atoms with van der Waals surface area (Å²) < 4.78 is 5.42. The second-order valence-electron chi connectivity index (χ2n) is 5.45. The molecule has 0 radical (unpaired) electrons. The number of hydrogen-bond donors (Lipinski definition) is 1. The van der Waals surface area contributed by atoms with Gasteiger partial charge in [0, 0.05) is 19.0 Å². The molecule has 0 saturated carbocycles. The van der Waals surface area contributed by atoms with Gasteiger partial charge in [0.2, 0.25) is 5.91 Å². The topological polar surface area (TPSA) is 55.1 Å². The van der Waals surface area contributed by atoms with Crippen LogP contribution in [-0.4, -0.2) is 10.9 Å². The first-order chi connectivity index (χ1) is 10.6. The number of nitrogens with zero attached hydrogens (tertiary/aromatic N) is 1. The van der Waals surface area contributed by atoms with E-state index in [1.807, 2.05) is 30.3 Å². The molecule has 4 heteroatoms. The number of fused-ring (bicyclic) bond motifs is 1. The molecule has 2 aromatic carbocycles. The number of carbonyl (C=O) groups is 1. The van der Waals surface area contributed by atoms with Gasteiger partial charge >= 0.3 is 0 Å². The zero-order chi connectivity index (χ0) is 15.5. The highest BCUT2D eigenvalue weighted by Gasteiger charge is 2.07. The normalized spacial score (nSPS) is 10.8. The maximum absolute atomic E-state index is 12.1. The van der Waals surface area contributed by atoms with Gasteiger partial charge in [0.25, 0.3) is 0 Å². The number of carbonyl (C=O) groups excluding carboxylic acids is 1. The number of aryl methyl sites for hydroxylation is 3. The average molecular weight is 294 g/mol. The Kier molecular flexibility index (Phi) is 3.92. The standard InChI is InChI=1S/C18H18N2O2/c1-12-4-3-5-14(10-12)6-9-18(21)20-15-7-8-17-16(11-15)19-13(2)22-17/h3-5,7-8,10-11H,6,9H2,1-2H3,(H,20,21). The molecule has 3 rings (SSSR count). The molecule has 0 spiro atoms. The molecule has 0 aliphatic carbocycles. The maximum atomic E-state index is 12.1. The number of aromatic nitrogens is 1. The van der Waals surface area contributed by atoms with Crippen LogP contribution in [0.25, 0.3) is 11.1 Å². The van der Waals surface area contributed by atoms with Crippen molar-refractivity contribution in [3.63, 3.8) is 0 Å². The second kappa shape index (κ2) is 6.02. The van der Waals surface area contributed by atoms with E-state index >= 15 is 0 Å². The van der Waals surface area contributed by atoms with Gasteiger partial charge in [-0.25, -0.2) is 4.98 Å². The van der Waals surface area contributed by atoms with Crippen molar-refractivity contribution in [2.75, 3.05) is 5.32 Å². The van der Waals surface area contributed by atoms with Gasteiger partial charge in [-0.05, 0) is 37.1 Å². The predicted molar refractivity (Wildman–Crippen MR) is 86.9 cm³/mol. The third-order valence-electron chi connectivity index (χ3n) is 3.50. The number of oxazole rings is 1. The van der Waals surface area contributed by atoms with E-state index < -0.39 is 0 Å². The van der Waals surface area contributed by atoms with Crippen LogP contribution in [-0.2, 0) is 11.2 Å². The van der Waals surface area contributed by atoms with Gasteiger partial charge in [-0.1, -0.05) is 29.8 Å². The number of nitrogens with one attached hydrogen (secondary N) is 1. The Morgan fingerprint density at radius 1 is 1.18 bits per heavy atom. The number of benzene rings is 2. The number of anilines is 1. The van der Waals surface area contributed by atoms with Gasteiger partial charge in [0.05, 0.1) is 0 Å². The summed E-state index contributed by atoms with van der Waals surface area (Å²) in [6, 6.07) is 13.7. The molecular formula is C18H18N2O2. The quantitative estimate of drug-likeness (QED) is 0.790. The molecule has 1 heterocycles. The maximum Gasteiger partial charge on any atom is 0.224 e. The molecule has 1 amide bonds. The molecule has 1 aromatic heterocycles. The van der Waals surface area contributed by atoms with Crippen LogP contribution in [0.4, 0.5) is 5.69 Å². The minimum absolute atomic E-state index is 0.000993. The van der Waals surface area contributed by atoms with Gasteiger partial charge in [0.15, 0.2) is 11.5 Å². The lowest BCUT2D eigenvalue weighted by Crippen LogP contribution is -2.12. The third kappa shape index (κ3) is 3.34. The van der Waals surface area contributed by atoms with E-state index in [2.05, 4.69) is 29.4 Å². The van der Waals surface area contributed by atoms with Gasteiger partial charge in [0.1, 0.15) is 5.52 Å². The average Bonchev–Trinajstić information content (AvgIpc) is 2.84. The molecular weight excluding hydrogens is 276 g/mol. The molecule has 1 N–H and O–H groups in total. The largest absolute Gasteiger partial charge is 0.441 e. The zero-order valence-corrected chi connectivity index (χ0v) is 12.7. The summed E-state index contributed by atoms with van der Waals surface area (Å²) in [7, 11) is 0. The number of amides is 1. The summed E-state index contributed by atoms with van der Waals surface area (Å²) >= 11 is 0. The summed E-state index contributed by atoms with van der Waals surface area (Å²) in [6.07, 6.45) is 1.19. The van der Waals surface area contributed by atoms with Gasteiger partial charge in [-0.3, -0.25) is 4.79 Å². The fourth-order valence-corrected chi connectivity index (χ4v) is 2.47. The van der Waals surface area contributed by atoms with Crippen LogP contribution in [0.1, 0.15) is 23.4 Å². The number of rotatable bonds is 4. The Labute approximate surface area is 129 Å². The second-order valence-corrected chi connectivity index (χ2v) is 5.45. The zero-order valence-electron chi connectivity index (χ0n) is 12.7. The molecule has 4 nitrogen and oxygen atoms in total. The predicted octanol–water partition coefficient (Wildman–Crippen LogP) is 4.02. The minimum Gasteiger partial charge on any atom is -0.441 e. The van der Waals surface area contributed by atoms with E-state index in [9.17, 15) is 4.79 Å². The Morgan fingerprint density at radius 2 is 2.05 bits per heavy atom. The fraction of sp³-hybridized carbons (Fsp3) is 0.222. The third-order valence-corrected chi connectivity index (χ3v) is 3.50. The van der Waals surface area contributed by atoms with E-state index in [0.717, 1.165) is 23.2 Å². The first kappa shape index (κ1) is 14.3. The van der Waals surface area contributed by atoms with Crippen LogP contribution in [0.3, 0.4) is 0 Å². The van der Waals surface area contributed by atoms with Crippen molar-refractivity contribution in [2.45, 2.75) is 26.7 Å². The Hall–Kier alpha value is -2.62. The molecule has 0 fully saturated rings. The van der Waals surface area contributed by atoms with Crippen LogP contribution < -0.4 is 5.32 Å². The molecule has 0 aliphatic heterocycles. The Balaban J connectivity index is 1.62. The highest BCUT2D eigenvalue weighted by Crippen LogP contribution is 2.20. The summed E-state index contributed by atoms with van der Waals surface area (Å²) in [5.74, 6) is 0.624. The van der Waals surface area contributed by atoms with E-state index in [1.165, 1.54) is 11.1 Å². The Morgan fingerprint density at radius 3 is 2.86 bits per heavy atom. The lowest BCUT2D eigenvalue weighted by atomic mass is 10.1. The molecule has 3 aromatic rings. The van der Waals surface area contributed by atoms with E-state index in [4.69, 9.17) is 4.42 Å². The lowest BCUT2D eigenvalue weighted by molar-refractivity contribution is -0.116. The molecule has 22 heavy (non-hydrogen) atoms. The van der Waals surface area contributed by atoms with Crippen LogP contribution in [0.5, 0.6) is 0 Å². The lowest BCUT2D eigenvalue weighted by Gasteiger charge is -2.05. The van der Waals surface area contributed by atoms with E-state index in [-0.39, 0.29) is 5.91 Å². The van der Waals surface area contributed by atoms with Crippen LogP contribution in [0.2, 0.25) is 0 Å². The van der Waals surface area contributed by atoms with Gasteiger partial charge in [-0.15, -0.1) is 0 Å². The highest BCUT2D eigenvalue weighted by atomic mass is 16.3. The Bertz CT molecular complexity index is 821. The van der Waals surface area contributed by atoms with E-state index in [1.54, 1.807) is 6.92 Å². The SMILES string of the molecule is Cc1cccc(CCC(=O)Nc2ccc3oc(C)nc3c2)c1. The molecule has 112 valence electrons. The van der Waals surface area contributed by atoms with Crippen molar-refractivity contribution in [1.29, 1.82) is 0 Å². The summed E-state index contributed by atoms with van der Waals surface area (Å²) in [4.78, 5) is 16.3. The highest BCUT2D eigenvalue weighted by molar-refractivity contribution is 5.92. The van der Waals surface area contributed by atoms with Gasteiger partial charge < -0.3 is 9.73 Å². The van der Waals surface area contributed by atoms with E-state index in [0.29, 0.717) is 12.3 Å². The number of hydrogen-bond acceptors (Lipinski definition) is 3. The van der Waals surface area contributed by atoms with Crippen molar-refractivity contribution >= 4 is 22.7 Å². The first-order valence-electron chi connectivity index (χ1n) is 7.33. The van der Waals surface area contributed by atoms with Crippen molar-refractivity contribution in [3.05, 3.63) is 59.5 Å². The van der Waals surface area contributed by atoms with Crippen LogP contribution in [0, 0.1) is 13.8 Å². The van der Waals surface area contributed by atoms with Crippen molar-refractivity contribution in [1.82, 2.24) is 4.98 Å². The molecule has 0 atom stereocenters. The van der Waals surface area contributed by atoms with Crippen molar-refractivity contribution < 1.29 is 9.21 Å². The summed E-state index contributed by atoms with van der Waals surface area (Å²) in [6.45, 7) is 3.86. The smallest absolute Gasteiger partial charge is 0.224 e. The molecule has 0 unspecified atom stereocenters. The van der Waals surface area contributed by atoms with Gasteiger partial charge in [-0.2, -0.15) is 0 Å². The first-order valence-corrected chi connectivity index (χ1v) is 7.33. The monoisotopic (exact) mass is 294 g/mol. The molecule has 0 bridgehead atoms. The van der Waals surface area contributed by atoms with Crippen LogP contribution in [0.15, 0.2) is 46.9 Å². The molecule has 0 aliphatic rings. The summed E-state index contributed by atoms with van der Waals surface area (Å²) in [5.41, 5.74) is 4.63. The van der Waals surface area contributed by atoms with Crippen LogP contribution >= 0.6 is 0 Å².